The largest absolute Gasteiger partial charge is 0.458 e. The minimum Gasteiger partial charge on any atom is -0.458 e. The molecular formula is C13H11FO2. The highest BCUT2D eigenvalue weighted by molar-refractivity contribution is 5.95. The first-order chi connectivity index (χ1) is 7.66. The molecule has 0 radical (unpaired) electrons. The van der Waals surface area contributed by atoms with Crippen LogP contribution in [-0.4, -0.2) is 5.78 Å². The van der Waals surface area contributed by atoms with Crippen molar-refractivity contribution in [3.05, 3.63) is 59.3 Å². The van der Waals surface area contributed by atoms with Gasteiger partial charge >= 0.3 is 0 Å². The van der Waals surface area contributed by atoms with Crippen molar-refractivity contribution < 1.29 is 13.6 Å². The zero-order valence-electron chi connectivity index (χ0n) is 8.87. The number of carbonyl (C=O) groups is 1. The van der Waals surface area contributed by atoms with Crippen molar-refractivity contribution in [3.8, 4) is 0 Å². The smallest absolute Gasteiger partial charge is 0.202 e. The third kappa shape index (κ3) is 2.19. The number of halogens is 1. The molecular weight excluding hydrogens is 207 g/mol. The Hall–Kier alpha value is -1.90. The van der Waals surface area contributed by atoms with E-state index >= 15 is 0 Å². The van der Waals surface area contributed by atoms with Crippen LogP contribution >= 0.6 is 0 Å². The van der Waals surface area contributed by atoms with Gasteiger partial charge in [0.15, 0.2) is 5.76 Å². The molecule has 0 unspecified atom stereocenters. The van der Waals surface area contributed by atoms with E-state index in [9.17, 15) is 9.18 Å². The molecule has 0 amide bonds. The van der Waals surface area contributed by atoms with Crippen LogP contribution in [0.4, 0.5) is 4.39 Å². The summed E-state index contributed by atoms with van der Waals surface area (Å²) < 4.78 is 18.5. The van der Waals surface area contributed by atoms with Gasteiger partial charge in [-0.15, -0.1) is 0 Å². The number of ketones is 1. The molecule has 0 aliphatic carbocycles. The molecule has 2 aromatic rings. The number of benzene rings is 1. The van der Waals surface area contributed by atoms with Gasteiger partial charge in [0.05, 0.1) is 0 Å². The average Bonchev–Trinajstić information content (AvgIpc) is 2.68. The van der Waals surface area contributed by atoms with Gasteiger partial charge in [-0.05, 0) is 30.7 Å². The Kier molecular flexibility index (Phi) is 2.86. The summed E-state index contributed by atoms with van der Waals surface area (Å²) in [5.41, 5.74) is 0.390. The molecule has 0 fully saturated rings. The second-order valence-electron chi connectivity index (χ2n) is 3.60. The summed E-state index contributed by atoms with van der Waals surface area (Å²) in [4.78, 5) is 11.7. The summed E-state index contributed by atoms with van der Waals surface area (Å²) in [7, 11) is 0. The number of Topliss-reactive ketones (excluding diaryl/α,β-unsaturated/α-hetero) is 1. The number of hydrogen-bond acceptors (Lipinski definition) is 2. The lowest BCUT2D eigenvalue weighted by Gasteiger charge is -2.00. The number of carbonyl (C=O) groups excluding carboxylic acids is 1. The van der Waals surface area contributed by atoms with Crippen LogP contribution in [-0.2, 0) is 6.42 Å². The van der Waals surface area contributed by atoms with E-state index in [2.05, 4.69) is 0 Å². The quantitative estimate of drug-likeness (QED) is 0.741. The molecule has 2 rings (SSSR count). The van der Waals surface area contributed by atoms with Crippen molar-refractivity contribution in [3.63, 3.8) is 0 Å². The lowest BCUT2D eigenvalue weighted by Crippen LogP contribution is -2.03. The fourth-order valence-electron chi connectivity index (χ4n) is 1.49. The van der Waals surface area contributed by atoms with E-state index in [1.54, 1.807) is 37.3 Å². The molecule has 16 heavy (non-hydrogen) atoms. The molecule has 0 aliphatic rings. The van der Waals surface area contributed by atoms with E-state index in [4.69, 9.17) is 4.42 Å². The average molecular weight is 218 g/mol. The van der Waals surface area contributed by atoms with E-state index < -0.39 is 0 Å². The zero-order valence-corrected chi connectivity index (χ0v) is 8.87. The minimum absolute atomic E-state index is 0.0274. The molecule has 0 saturated carbocycles. The van der Waals surface area contributed by atoms with E-state index in [0.29, 0.717) is 11.3 Å². The van der Waals surface area contributed by atoms with Gasteiger partial charge in [-0.3, -0.25) is 4.79 Å². The molecule has 1 aromatic carbocycles. The molecule has 82 valence electrons. The Morgan fingerprint density at radius 2 is 2.00 bits per heavy atom. The molecule has 0 atom stereocenters. The van der Waals surface area contributed by atoms with Crippen LogP contribution in [0.5, 0.6) is 0 Å². The van der Waals surface area contributed by atoms with E-state index in [-0.39, 0.29) is 23.8 Å². The second kappa shape index (κ2) is 4.31. The van der Waals surface area contributed by atoms with Crippen molar-refractivity contribution in [2.45, 2.75) is 13.3 Å². The molecule has 2 nitrogen and oxygen atoms in total. The zero-order chi connectivity index (χ0) is 11.5. The molecule has 0 aliphatic heterocycles. The predicted molar refractivity (Wildman–Crippen MR) is 57.9 cm³/mol. The number of hydrogen-bond donors (Lipinski definition) is 0. The second-order valence-corrected chi connectivity index (χ2v) is 3.60. The standard InChI is InChI=1S/C13H11FO2/c1-9-6-7-13(16-9)12(15)8-10-4-2-3-5-11(10)14/h2-7H,8H2,1H3. The van der Waals surface area contributed by atoms with Crippen LogP contribution in [0.1, 0.15) is 21.9 Å². The molecule has 0 spiro atoms. The third-order valence-corrected chi connectivity index (χ3v) is 2.32. The van der Waals surface area contributed by atoms with Crippen molar-refractivity contribution in [1.82, 2.24) is 0 Å². The van der Waals surface area contributed by atoms with Crippen LogP contribution < -0.4 is 0 Å². The fourth-order valence-corrected chi connectivity index (χ4v) is 1.49. The third-order valence-electron chi connectivity index (χ3n) is 2.32. The lowest BCUT2D eigenvalue weighted by molar-refractivity contribution is 0.0964. The Bertz CT molecular complexity index is 514. The van der Waals surface area contributed by atoms with Crippen molar-refractivity contribution >= 4 is 5.78 Å². The molecule has 3 heteroatoms. The van der Waals surface area contributed by atoms with Crippen molar-refractivity contribution in [2.24, 2.45) is 0 Å². The summed E-state index contributed by atoms with van der Waals surface area (Å²) in [6, 6.07) is 9.57. The topological polar surface area (TPSA) is 30.2 Å². The van der Waals surface area contributed by atoms with Crippen molar-refractivity contribution in [2.75, 3.05) is 0 Å². The number of furan rings is 1. The van der Waals surface area contributed by atoms with Gasteiger partial charge in [0, 0.05) is 6.42 Å². The maximum absolute atomic E-state index is 13.3. The van der Waals surface area contributed by atoms with E-state index in [0.717, 1.165) is 0 Å². The highest BCUT2D eigenvalue weighted by Crippen LogP contribution is 2.13. The maximum atomic E-state index is 13.3. The predicted octanol–water partition coefficient (Wildman–Crippen LogP) is 3.15. The normalized spacial score (nSPS) is 10.4. The molecule has 0 bridgehead atoms. The highest BCUT2D eigenvalue weighted by atomic mass is 19.1. The lowest BCUT2D eigenvalue weighted by atomic mass is 10.1. The Labute approximate surface area is 92.7 Å². The molecule has 0 saturated heterocycles. The van der Waals surface area contributed by atoms with Crippen LogP contribution in [0.25, 0.3) is 0 Å². The Balaban J connectivity index is 2.17. The van der Waals surface area contributed by atoms with Crippen molar-refractivity contribution in [1.29, 1.82) is 0 Å². The summed E-state index contributed by atoms with van der Waals surface area (Å²) in [6.45, 7) is 1.76. The SMILES string of the molecule is Cc1ccc(C(=O)Cc2ccccc2F)o1. The van der Waals surface area contributed by atoms with Gasteiger partial charge in [0.1, 0.15) is 11.6 Å². The molecule has 1 heterocycles. The van der Waals surface area contributed by atoms with Crippen LogP contribution in [0.2, 0.25) is 0 Å². The van der Waals surface area contributed by atoms with Gasteiger partial charge in [0.2, 0.25) is 5.78 Å². The molecule has 1 aromatic heterocycles. The summed E-state index contributed by atoms with van der Waals surface area (Å²) in [6.07, 6.45) is 0.0274. The number of aryl methyl sites for hydroxylation is 1. The summed E-state index contributed by atoms with van der Waals surface area (Å²) >= 11 is 0. The molecule has 0 N–H and O–H groups in total. The van der Waals surface area contributed by atoms with Gasteiger partial charge in [-0.25, -0.2) is 4.39 Å². The monoisotopic (exact) mass is 218 g/mol. The van der Waals surface area contributed by atoms with Crippen LogP contribution in [0.15, 0.2) is 40.8 Å². The maximum Gasteiger partial charge on any atom is 0.202 e. The fraction of sp³-hybridized carbons (Fsp3) is 0.154. The first kappa shape index (κ1) is 10.6. The van der Waals surface area contributed by atoms with Gasteiger partial charge in [-0.2, -0.15) is 0 Å². The Morgan fingerprint density at radius 1 is 1.25 bits per heavy atom. The Morgan fingerprint density at radius 3 is 2.62 bits per heavy atom. The van der Waals surface area contributed by atoms with Crippen LogP contribution in [0.3, 0.4) is 0 Å². The van der Waals surface area contributed by atoms with Gasteiger partial charge < -0.3 is 4.42 Å². The van der Waals surface area contributed by atoms with Gasteiger partial charge in [0.25, 0.3) is 0 Å². The van der Waals surface area contributed by atoms with Gasteiger partial charge in [-0.1, -0.05) is 18.2 Å². The first-order valence-corrected chi connectivity index (χ1v) is 5.00. The van der Waals surface area contributed by atoms with E-state index in [1.165, 1.54) is 6.07 Å². The summed E-state index contributed by atoms with van der Waals surface area (Å²) in [5, 5.41) is 0. The van der Waals surface area contributed by atoms with Crippen LogP contribution in [0, 0.1) is 12.7 Å². The highest BCUT2D eigenvalue weighted by Gasteiger charge is 2.12. The summed E-state index contributed by atoms with van der Waals surface area (Å²) in [5.74, 6) is 0.384. The van der Waals surface area contributed by atoms with E-state index in [1.807, 2.05) is 0 Å². The first-order valence-electron chi connectivity index (χ1n) is 5.00. The number of rotatable bonds is 3. The minimum atomic E-state index is -0.362.